The van der Waals surface area contributed by atoms with E-state index in [9.17, 15) is 0 Å². The zero-order valence-corrected chi connectivity index (χ0v) is 10.7. The molecule has 0 atom stereocenters. The molecule has 0 aromatic rings. The SMILES string of the molecule is CC1(C)CNC2(CCCCC2)OC1(C)C. The van der Waals surface area contributed by atoms with Crippen LogP contribution in [-0.2, 0) is 4.74 Å². The highest BCUT2D eigenvalue weighted by atomic mass is 16.5. The molecule has 1 N–H and O–H groups in total. The molecule has 1 saturated heterocycles. The highest BCUT2D eigenvalue weighted by Crippen LogP contribution is 2.44. The molecular formula is C13H25NO. The molecule has 1 spiro atoms. The third-order valence-electron chi connectivity index (χ3n) is 4.59. The van der Waals surface area contributed by atoms with Crippen LogP contribution in [0.4, 0.5) is 0 Å². The Morgan fingerprint density at radius 2 is 1.53 bits per heavy atom. The molecular weight excluding hydrogens is 186 g/mol. The van der Waals surface area contributed by atoms with Gasteiger partial charge in [-0.2, -0.15) is 0 Å². The quantitative estimate of drug-likeness (QED) is 0.665. The minimum absolute atomic E-state index is 0.00271. The molecule has 2 rings (SSSR count). The maximum atomic E-state index is 6.41. The van der Waals surface area contributed by atoms with Gasteiger partial charge in [-0.15, -0.1) is 0 Å². The minimum Gasteiger partial charge on any atom is -0.354 e. The summed E-state index contributed by atoms with van der Waals surface area (Å²) in [5, 5.41) is 3.66. The monoisotopic (exact) mass is 211 g/mol. The van der Waals surface area contributed by atoms with Crippen LogP contribution in [0, 0.1) is 5.41 Å². The summed E-state index contributed by atoms with van der Waals surface area (Å²) in [6.07, 6.45) is 6.36. The van der Waals surface area contributed by atoms with Crippen molar-refractivity contribution in [3.05, 3.63) is 0 Å². The fraction of sp³-hybridized carbons (Fsp3) is 1.00. The van der Waals surface area contributed by atoms with Gasteiger partial charge in [-0.3, -0.25) is 5.32 Å². The maximum Gasteiger partial charge on any atom is 0.120 e. The molecule has 2 fully saturated rings. The van der Waals surface area contributed by atoms with Gasteiger partial charge >= 0.3 is 0 Å². The summed E-state index contributed by atoms with van der Waals surface area (Å²) < 4.78 is 6.41. The summed E-state index contributed by atoms with van der Waals surface area (Å²) >= 11 is 0. The van der Waals surface area contributed by atoms with E-state index in [1.165, 1.54) is 32.1 Å². The normalized spacial score (nSPS) is 32.8. The van der Waals surface area contributed by atoms with Crippen LogP contribution in [0.1, 0.15) is 59.8 Å². The summed E-state index contributed by atoms with van der Waals surface area (Å²) in [4.78, 5) is 0. The lowest BCUT2D eigenvalue weighted by atomic mass is 9.73. The third-order valence-corrected chi connectivity index (χ3v) is 4.59. The van der Waals surface area contributed by atoms with Gasteiger partial charge in [0.2, 0.25) is 0 Å². The van der Waals surface area contributed by atoms with Crippen molar-refractivity contribution < 1.29 is 4.74 Å². The largest absolute Gasteiger partial charge is 0.354 e. The molecule has 0 radical (unpaired) electrons. The van der Waals surface area contributed by atoms with Crippen molar-refractivity contribution in [3.63, 3.8) is 0 Å². The molecule has 0 unspecified atom stereocenters. The number of nitrogens with one attached hydrogen (secondary N) is 1. The summed E-state index contributed by atoms with van der Waals surface area (Å²) in [6, 6.07) is 0. The van der Waals surface area contributed by atoms with Crippen molar-refractivity contribution in [3.8, 4) is 0 Å². The van der Waals surface area contributed by atoms with E-state index < -0.39 is 0 Å². The number of rotatable bonds is 0. The van der Waals surface area contributed by atoms with Crippen LogP contribution in [0.25, 0.3) is 0 Å². The second-order valence-corrected chi connectivity index (χ2v) is 6.40. The third kappa shape index (κ3) is 1.94. The number of hydrogen-bond acceptors (Lipinski definition) is 2. The predicted molar refractivity (Wildman–Crippen MR) is 62.8 cm³/mol. The summed E-state index contributed by atoms with van der Waals surface area (Å²) in [7, 11) is 0. The maximum absolute atomic E-state index is 6.41. The van der Waals surface area contributed by atoms with E-state index >= 15 is 0 Å². The van der Waals surface area contributed by atoms with Gasteiger partial charge in [-0.25, -0.2) is 0 Å². The van der Waals surface area contributed by atoms with Crippen molar-refractivity contribution in [1.82, 2.24) is 5.32 Å². The van der Waals surface area contributed by atoms with Gasteiger partial charge in [0.05, 0.1) is 5.60 Å². The molecule has 0 bridgehead atoms. The smallest absolute Gasteiger partial charge is 0.120 e. The average molecular weight is 211 g/mol. The Morgan fingerprint density at radius 3 is 2.07 bits per heavy atom. The van der Waals surface area contributed by atoms with Gasteiger partial charge in [0, 0.05) is 12.0 Å². The van der Waals surface area contributed by atoms with Gasteiger partial charge in [-0.1, -0.05) is 20.3 Å². The fourth-order valence-electron chi connectivity index (χ4n) is 2.66. The van der Waals surface area contributed by atoms with Gasteiger partial charge < -0.3 is 4.74 Å². The zero-order valence-electron chi connectivity index (χ0n) is 10.7. The van der Waals surface area contributed by atoms with Crippen LogP contribution in [0.2, 0.25) is 0 Å². The Labute approximate surface area is 93.8 Å². The Kier molecular flexibility index (Phi) is 2.63. The van der Waals surface area contributed by atoms with Crippen LogP contribution in [0.3, 0.4) is 0 Å². The van der Waals surface area contributed by atoms with E-state index in [0.717, 1.165) is 6.54 Å². The highest BCUT2D eigenvalue weighted by molar-refractivity contribution is 4.99. The van der Waals surface area contributed by atoms with Crippen LogP contribution in [0.15, 0.2) is 0 Å². The Bertz CT molecular complexity index is 239. The molecule has 2 heteroatoms. The standard InChI is InChI=1S/C13H25NO/c1-11(2)10-14-13(15-12(11,3)4)8-6-5-7-9-13/h14H,5-10H2,1-4H3. The number of hydrogen-bond donors (Lipinski definition) is 1. The molecule has 2 nitrogen and oxygen atoms in total. The topological polar surface area (TPSA) is 21.3 Å². The van der Waals surface area contributed by atoms with E-state index in [1.54, 1.807) is 0 Å². The first-order valence-electron chi connectivity index (χ1n) is 6.32. The highest BCUT2D eigenvalue weighted by Gasteiger charge is 2.50. The van der Waals surface area contributed by atoms with Crippen molar-refractivity contribution in [2.24, 2.45) is 5.41 Å². The van der Waals surface area contributed by atoms with Crippen LogP contribution < -0.4 is 5.32 Å². The molecule has 1 saturated carbocycles. The Balaban J connectivity index is 2.14. The summed E-state index contributed by atoms with van der Waals surface area (Å²) in [5.74, 6) is 0. The molecule has 0 amide bonds. The minimum atomic E-state index is -0.0183. The molecule has 0 aromatic carbocycles. The van der Waals surface area contributed by atoms with E-state index in [2.05, 4.69) is 33.0 Å². The van der Waals surface area contributed by atoms with Crippen LogP contribution in [0.5, 0.6) is 0 Å². The molecule has 15 heavy (non-hydrogen) atoms. The summed E-state index contributed by atoms with van der Waals surface area (Å²) in [5.41, 5.74) is 0.197. The number of ether oxygens (including phenoxy) is 1. The lowest BCUT2D eigenvalue weighted by Gasteiger charge is -2.55. The molecule has 1 aliphatic heterocycles. The lowest BCUT2D eigenvalue weighted by Crippen LogP contribution is -2.65. The molecule has 88 valence electrons. The van der Waals surface area contributed by atoms with Crippen LogP contribution in [-0.4, -0.2) is 17.9 Å². The molecule has 1 heterocycles. The van der Waals surface area contributed by atoms with Crippen molar-refractivity contribution in [2.75, 3.05) is 6.54 Å². The first-order valence-corrected chi connectivity index (χ1v) is 6.32. The average Bonchev–Trinajstić information content (AvgIpc) is 2.14. The van der Waals surface area contributed by atoms with Gasteiger partial charge in [0.1, 0.15) is 5.72 Å². The van der Waals surface area contributed by atoms with Gasteiger partial charge in [0.15, 0.2) is 0 Å². The van der Waals surface area contributed by atoms with E-state index in [4.69, 9.17) is 4.74 Å². The first-order chi connectivity index (χ1) is 6.87. The van der Waals surface area contributed by atoms with Crippen molar-refractivity contribution in [2.45, 2.75) is 71.1 Å². The Hall–Kier alpha value is -0.0800. The van der Waals surface area contributed by atoms with Crippen LogP contribution >= 0.6 is 0 Å². The van der Waals surface area contributed by atoms with Gasteiger partial charge in [-0.05, 0) is 39.5 Å². The van der Waals surface area contributed by atoms with Crippen molar-refractivity contribution in [1.29, 1.82) is 0 Å². The predicted octanol–water partition coefficient (Wildman–Crippen LogP) is 3.07. The van der Waals surface area contributed by atoms with E-state index in [0.29, 0.717) is 0 Å². The summed E-state index contributed by atoms with van der Waals surface area (Å²) in [6.45, 7) is 10.1. The lowest BCUT2D eigenvalue weighted by molar-refractivity contribution is -0.245. The van der Waals surface area contributed by atoms with E-state index in [1.807, 2.05) is 0 Å². The van der Waals surface area contributed by atoms with E-state index in [-0.39, 0.29) is 16.7 Å². The molecule has 1 aliphatic carbocycles. The zero-order chi connectivity index (χ0) is 11.2. The second kappa shape index (κ2) is 3.46. The second-order valence-electron chi connectivity index (χ2n) is 6.40. The Morgan fingerprint density at radius 1 is 0.933 bits per heavy atom. The first kappa shape index (κ1) is 11.4. The fourth-order valence-corrected chi connectivity index (χ4v) is 2.66. The molecule has 0 aromatic heterocycles. The molecule has 2 aliphatic rings. The van der Waals surface area contributed by atoms with Crippen molar-refractivity contribution >= 4 is 0 Å². The van der Waals surface area contributed by atoms with Gasteiger partial charge in [0.25, 0.3) is 0 Å².